The second-order valence-electron chi connectivity index (χ2n) is 7.25. The Balaban J connectivity index is 0.00000261. The minimum absolute atomic E-state index is 0. The molecule has 27 heavy (non-hydrogen) atoms. The summed E-state index contributed by atoms with van der Waals surface area (Å²) in [5.74, 6) is 1.21. The van der Waals surface area contributed by atoms with Crippen LogP contribution in [0, 0.1) is 0 Å². The normalized spacial score (nSPS) is 17.3. The third-order valence-electron chi connectivity index (χ3n) is 4.80. The molecule has 0 aliphatic carbocycles. The first-order valence-corrected chi connectivity index (χ1v) is 11.2. The molecule has 0 saturated heterocycles. The van der Waals surface area contributed by atoms with Gasteiger partial charge in [-0.15, -0.1) is 12.4 Å². The standard InChI is InChI=1S/C21H27NO3S.ClH/c1-16(15-26(2,23)24)18-9-7-17(8-10-18)13-22-14-20-12-11-19-5-3-4-6-21(19)25-20;/h3-10,16,20,22H,11-15H2,1-2H3;1H/t16-,20+;/m0./s1. The van der Waals surface area contributed by atoms with Crippen LogP contribution in [0.15, 0.2) is 48.5 Å². The van der Waals surface area contributed by atoms with Gasteiger partial charge in [-0.1, -0.05) is 49.4 Å². The molecule has 0 fully saturated rings. The third-order valence-corrected chi connectivity index (χ3v) is 5.91. The molecule has 148 valence electrons. The highest BCUT2D eigenvalue weighted by Gasteiger charge is 2.18. The first kappa shape index (κ1) is 21.7. The lowest BCUT2D eigenvalue weighted by Gasteiger charge is -2.26. The van der Waals surface area contributed by atoms with E-state index in [1.54, 1.807) is 0 Å². The molecule has 3 rings (SSSR count). The molecule has 0 aromatic heterocycles. The van der Waals surface area contributed by atoms with Gasteiger partial charge in [0.25, 0.3) is 0 Å². The van der Waals surface area contributed by atoms with Crippen LogP contribution in [0.3, 0.4) is 0 Å². The van der Waals surface area contributed by atoms with Crippen LogP contribution in [0.2, 0.25) is 0 Å². The highest BCUT2D eigenvalue weighted by molar-refractivity contribution is 7.90. The van der Waals surface area contributed by atoms with Crippen molar-refractivity contribution in [1.82, 2.24) is 5.32 Å². The molecule has 0 amide bonds. The van der Waals surface area contributed by atoms with Gasteiger partial charge in [-0.25, -0.2) is 8.42 Å². The lowest BCUT2D eigenvalue weighted by atomic mass is 10.0. The second-order valence-corrected chi connectivity index (χ2v) is 9.44. The topological polar surface area (TPSA) is 55.4 Å². The van der Waals surface area contributed by atoms with Crippen molar-refractivity contribution in [3.63, 3.8) is 0 Å². The molecule has 0 bridgehead atoms. The minimum Gasteiger partial charge on any atom is -0.489 e. The molecule has 0 spiro atoms. The number of hydrogen-bond donors (Lipinski definition) is 1. The summed E-state index contributed by atoms with van der Waals surface area (Å²) < 4.78 is 28.9. The average molecular weight is 410 g/mol. The molecule has 2 aromatic carbocycles. The maximum atomic E-state index is 11.4. The number of halogens is 1. The summed E-state index contributed by atoms with van der Waals surface area (Å²) in [5.41, 5.74) is 3.55. The zero-order valence-electron chi connectivity index (χ0n) is 15.9. The van der Waals surface area contributed by atoms with Gasteiger partial charge in [-0.05, 0) is 41.5 Å². The van der Waals surface area contributed by atoms with Crippen molar-refractivity contribution in [2.45, 2.75) is 38.3 Å². The van der Waals surface area contributed by atoms with Crippen molar-refractivity contribution >= 4 is 22.2 Å². The first-order chi connectivity index (χ1) is 12.4. The molecule has 1 aliphatic heterocycles. The van der Waals surface area contributed by atoms with E-state index >= 15 is 0 Å². The van der Waals surface area contributed by atoms with Crippen LogP contribution in [-0.2, 0) is 22.8 Å². The van der Waals surface area contributed by atoms with E-state index in [-0.39, 0.29) is 30.2 Å². The van der Waals surface area contributed by atoms with Crippen LogP contribution in [0.4, 0.5) is 0 Å². The Morgan fingerprint density at radius 2 is 1.85 bits per heavy atom. The molecule has 1 aliphatic rings. The zero-order valence-corrected chi connectivity index (χ0v) is 17.5. The predicted molar refractivity (Wildman–Crippen MR) is 113 cm³/mol. The van der Waals surface area contributed by atoms with Crippen molar-refractivity contribution in [1.29, 1.82) is 0 Å². The monoisotopic (exact) mass is 409 g/mol. The summed E-state index contributed by atoms with van der Waals surface area (Å²) in [6, 6.07) is 16.4. The number of sulfone groups is 1. The Labute approximate surface area is 168 Å². The van der Waals surface area contributed by atoms with Crippen LogP contribution in [0.25, 0.3) is 0 Å². The number of hydrogen-bond acceptors (Lipinski definition) is 4. The number of benzene rings is 2. The van der Waals surface area contributed by atoms with Crippen molar-refractivity contribution in [3.05, 3.63) is 65.2 Å². The van der Waals surface area contributed by atoms with Crippen molar-refractivity contribution in [2.24, 2.45) is 0 Å². The van der Waals surface area contributed by atoms with Crippen LogP contribution in [0.5, 0.6) is 5.75 Å². The summed E-state index contributed by atoms with van der Waals surface area (Å²) in [7, 11) is -2.96. The summed E-state index contributed by atoms with van der Waals surface area (Å²) >= 11 is 0. The molecule has 2 aromatic rings. The highest BCUT2D eigenvalue weighted by Crippen LogP contribution is 2.26. The van der Waals surface area contributed by atoms with E-state index in [1.807, 2.05) is 31.2 Å². The molecule has 0 saturated carbocycles. The Morgan fingerprint density at radius 1 is 1.15 bits per heavy atom. The lowest BCUT2D eigenvalue weighted by molar-refractivity contribution is 0.170. The van der Waals surface area contributed by atoms with E-state index in [2.05, 4.69) is 29.6 Å². The van der Waals surface area contributed by atoms with Gasteiger partial charge >= 0.3 is 0 Å². The molecule has 2 atom stereocenters. The number of aryl methyl sites for hydroxylation is 1. The Hall–Kier alpha value is -1.56. The van der Waals surface area contributed by atoms with E-state index in [0.717, 1.165) is 37.2 Å². The van der Waals surface area contributed by atoms with Crippen LogP contribution in [-0.4, -0.2) is 33.1 Å². The van der Waals surface area contributed by atoms with Crippen LogP contribution in [0.1, 0.15) is 36.0 Å². The fourth-order valence-corrected chi connectivity index (χ4v) is 4.52. The highest BCUT2D eigenvalue weighted by atomic mass is 35.5. The van der Waals surface area contributed by atoms with Gasteiger partial charge in [0.1, 0.15) is 21.7 Å². The SMILES string of the molecule is C[C@@H](CS(C)(=O)=O)c1ccc(CNC[C@H]2CCc3ccccc3O2)cc1.Cl. The number of ether oxygens (including phenoxy) is 1. The number of rotatable bonds is 7. The van der Waals surface area contributed by atoms with Gasteiger partial charge in [-0.2, -0.15) is 0 Å². The van der Waals surface area contributed by atoms with Crippen LogP contribution >= 0.6 is 12.4 Å². The van der Waals surface area contributed by atoms with Crippen molar-refractivity contribution in [2.75, 3.05) is 18.6 Å². The molecule has 1 heterocycles. The quantitative estimate of drug-likeness (QED) is 0.756. The van der Waals surface area contributed by atoms with Gasteiger partial charge < -0.3 is 10.1 Å². The van der Waals surface area contributed by atoms with Gasteiger partial charge in [0.2, 0.25) is 0 Å². The summed E-state index contributed by atoms with van der Waals surface area (Å²) in [5, 5.41) is 3.47. The van der Waals surface area contributed by atoms with E-state index < -0.39 is 9.84 Å². The fourth-order valence-electron chi connectivity index (χ4n) is 3.42. The van der Waals surface area contributed by atoms with Gasteiger partial charge in [0, 0.05) is 19.3 Å². The second kappa shape index (κ2) is 9.58. The smallest absolute Gasteiger partial charge is 0.148 e. The molecule has 6 heteroatoms. The summed E-state index contributed by atoms with van der Waals surface area (Å²) in [6.45, 7) is 3.55. The third kappa shape index (κ3) is 6.52. The van der Waals surface area contributed by atoms with Gasteiger partial charge in [0.05, 0.1) is 5.75 Å². The molecule has 1 N–H and O–H groups in total. The average Bonchev–Trinajstić information content (AvgIpc) is 2.61. The maximum Gasteiger partial charge on any atom is 0.148 e. The van der Waals surface area contributed by atoms with Crippen molar-refractivity contribution < 1.29 is 13.2 Å². The molecule has 4 nitrogen and oxygen atoms in total. The minimum atomic E-state index is -2.96. The summed E-state index contributed by atoms with van der Waals surface area (Å²) in [4.78, 5) is 0. The Morgan fingerprint density at radius 3 is 2.56 bits per heavy atom. The Kier molecular flexibility index (Phi) is 7.71. The lowest BCUT2D eigenvalue weighted by Crippen LogP contribution is -2.33. The number of nitrogens with one attached hydrogen (secondary N) is 1. The predicted octanol–water partition coefficient (Wildman–Crippen LogP) is 3.74. The van der Waals surface area contributed by atoms with Crippen molar-refractivity contribution in [3.8, 4) is 5.75 Å². The van der Waals surface area contributed by atoms with Gasteiger partial charge in [0.15, 0.2) is 0 Å². The van der Waals surface area contributed by atoms with Crippen LogP contribution < -0.4 is 10.1 Å². The van der Waals surface area contributed by atoms with E-state index in [0.29, 0.717) is 0 Å². The van der Waals surface area contributed by atoms with Gasteiger partial charge in [-0.3, -0.25) is 0 Å². The maximum absolute atomic E-state index is 11.4. The molecule has 0 radical (unpaired) electrons. The first-order valence-electron chi connectivity index (χ1n) is 9.12. The van der Waals surface area contributed by atoms with E-state index in [1.165, 1.54) is 17.4 Å². The molecule has 0 unspecified atom stereocenters. The molecular weight excluding hydrogens is 382 g/mol. The number of para-hydroxylation sites is 1. The van der Waals surface area contributed by atoms with E-state index in [9.17, 15) is 8.42 Å². The summed E-state index contributed by atoms with van der Waals surface area (Å²) in [6.07, 6.45) is 3.59. The molecular formula is C21H28ClNO3S. The number of fused-ring (bicyclic) bond motifs is 1. The zero-order chi connectivity index (χ0) is 18.6. The van der Waals surface area contributed by atoms with E-state index in [4.69, 9.17) is 4.74 Å². The fraction of sp³-hybridized carbons (Fsp3) is 0.429. The Bertz CT molecular complexity index is 837. The largest absolute Gasteiger partial charge is 0.489 e.